The number of unbranched alkanes of at least 4 members (excludes halogenated alkanes) is 9. The standard InChI is InChI=1S/C34H62N5O4PS2/c1-28(2)46(29(3)4,30(5)6)23-18-16-14-12-10-8-9-11-13-15-17-21-45-22-19-20-43-44(40,41)27-42-31(7)24-39-26-38-32-33(35)36-25-37-34(32)39/h25-26,28-31H,8-17,19-22,24,27H2,1-7H3,(H,40,41)(H2,35,36,37)/t31-/m1/s1. The minimum absolute atomic E-state index is 0.253. The van der Waals surface area contributed by atoms with E-state index in [0.29, 0.717) is 39.3 Å². The molecule has 2 heterocycles. The first-order valence-electron chi connectivity index (χ1n) is 17.3. The number of rotatable bonds is 24. The Morgan fingerprint density at radius 1 is 0.891 bits per heavy atom. The Bertz CT molecular complexity index is 1230. The van der Waals surface area contributed by atoms with E-state index in [9.17, 15) is 9.46 Å². The monoisotopic (exact) mass is 699 g/mol. The number of nitrogens with zero attached hydrogens (tertiary/aromatic N) is 4. The van der Waals surface area contributed by atoms with Crippen LogP contribution in [-0.2, 0) is 20.4 Å². The summed E-state index contributed by atoms with van der Waals surface area (Å²) in [5.41, 5.74) is 6.95. The van der Waals surface area contributed by atoms with Crippen LogP contribution in [0, 0.1) is 11.2 Å². The molecule has 0 radical (unpaired) electrons. The average Bonchev–Trinajstić information content (AvgIpc) is 3.40. The zero-order valence-electron chi connectivity index (χ0n) is 29.6. The predicted molar refractivity (Wildman–Crippen MR) is 200 cm³/mol. The van der Waals surface area contributed by atoms with Gasteiger partial charge in [-0.15, -0.1) is 0 Å². The van der Waals surface area contributed by atoms with Gasteiger partial charge in [0.25, 0.3) is 0 Å². The van der Waals surface area contributed by atoms with E-state index in [2.05, 4.69) is 67.7 Å². The van der Waals surface area contributed by atoms with Gasteiger partial charge in [0.15, 0.2) is 11.5 Å². The van der Waals surface area contributed by atoms with Crippen LogP contribution in [0.4, 0.5) is 5.82 Å². The maximum atomic E-state index is 12.4. The van der Waals surface area contributed by atoms with Gasteiger partial charge >= 0.3 is 7.60 Å². The van der Waals surface area contributed by atoms with Gasteiger partial charge in [-0.1, -0.05) is 97.7 Å². The molecule has 0 saturated heterocycles. The highest BCUT2D eigenvalue weighted by atomic mass is 32.3. The zero-order valence-corrected chi connectivity index (χ0v) is 32.1. The Kier molecular flexibility index (Phi) is 19.2. The molecule has 1 unspecified atom stereocenters. The van der Waals surface area contributed by atoms with E-state index in [-0.39, 0.29) is 19.1 Å². The van der Waals surface area contributed by atoms with Crippen molar-refractivity contribution < 1.29 is 18.7 Å². The van der Waals surface area contributed by atoms with Crippen molar-refractivity contribution in [3.05, 3.63) is 12.7 Å². The summed E-state index contributed by atoms with van der Waals surface area (Å²) in [6.45, 7) is 16.7. The molecule has 2 aromatic heterocycles. The maximum Gasteiger partial charge on any atom is 0.353 e. The SMILES string of the molecule is CC(C)S(C#CCCCCCCCCCCCSCCCOP(=O)(O)CO[C@H](C)Cn1cnc2c(N)ncnc21)(C(C)C)C(C)C. The number of nitrogen functional groups attached to an aromatic ring is 1. The molecule has 0 aromatic carbocycles. The van der Waals surface area contributed by atoms with E-state index < -0.39 is 17.6 Å². The van der Waals surface area contributed by atoms with Gasteiger partial charge in [0.1, 0.15) is 18.2 Å². The molecule has 0 saturated carbocycles. The number of anilines is 1. The summed E-state index contributed by atoms with van der Waals surface area (Å²) in [6.07, 6.45) is 15.8. The van der Waals surface area contributed by atoms with Crippen molar-refractivity contribution in [3.63, 3.8) is 0 Å². The quantitative estimate of drug-likeness (QED) is 0.0627. The number of ether oxygens (including phenoxy) is 1. The van der Waals surface area contributed by atoms with E-state index in [0.717, 1.165) is 24.3 Å². The van der Waals surface area contributed by atoms with Gasteiger partial charge in [0.2, 0.25) is 0 Å². The zero-order chi connectivity index (χ0) is 34.0. The molecule has 46 heavy (non-hydrogen) atoms. The van der Waals surface area contributed by atoms with Crippen LogP contribution in [0.5, 0.6) is 0 Å². The second-order valence-corrected chi connectivity index (χ2v) is 20.6. The molecule has 0 aliphatic rings. The number of fused-ring (bicyclic) bond motifs is 1. The molecule has 0 fully saturated rings. The van der Waals surface area contributed by atoms with Gasteiger partial charge in [0.05, 0.1) is 25.6 Å². The van der Waals surface area contributed by atoms with Gasteiger partial charge in [-0.05, 0) is 53.4 Å². The Morgan fingerprint density at radius 2 is 1.48 bits per heavy atom. The van der Waals surface area contributed by atoms with Crippen molar-refractivity contribution in [1.29, 1.82) is 0 Å². The molecule has 12 heteroatoms. The van der Waals surface area contributed by atoms with Crippen LogP contribution in [0.1, 0.15) is 119 Å². The molecule has 0 amide bonds. The van der Waals surface area contributed by atoms with E-state index in [4.69, 9.17) is 15.0 Å². The molecule has 0 aliphatic carbocycles. The second-order valence-electron chi connectivity index (χ2n) is 13.0. The first-order chi connectivity index (χ1) is 21.9. The second kappa shape index (κ2) is 21.6. The highest BCUT2D eigenvalue weighted by molar-refractivity contribution is 8.38. The van der Waals surface area contributed by atoms with Crippen LogP contribution in [-0.4, -0.2) is 70.7 Å². The number of imidazole rings is 1. The molecule has 2 atom stereocenters. The van der Waals surface area contributed by atoms with Gasteiger partial charge in [0, 0.05) is 6.42 Å². The third kappa shape index (κ3) is 14.1. The van der Waals surface area contributed by atoms with Crippen molar-refractivity contribution in [1.82, 2.24) is 19.5 Å². The first kappa shape index (κ1) is 40.9. The summed E-state index contributed by atoms with van der Waals surface area (Å²) in [5.74, 6) is 5.96. The minimum Gasteiger partial charge on any atom is -0.382 e. The molecule has 9 nitrogen and oxygen atoms in total. The van der Waals surface area contributed by atoms with Crippen molar-refractivity contribution >= 4 is 46.4 Å². The third-order valence-corrected chi connectivity index (χ3v) is 15.7. The van der Waals surface area contributed by atoms with Crippen molar-refractivity contribution in [2.45, 2.75) is 147 Å². The molecule has 264 valence electrons. The largest absolute Gasteiger partial charge is 0.382 e. The summed E-state index contributed by atoms with van der Waals surface area (Å²) in [6, 6.07) is 0. The summed E-state index contributed by atoms with van der Waals surface area (Å²) in [4.78, 5) is 22.5. The molecule has 0 aliphatic heterocycles. The fraction of sp³-hybridized carbons (Fsp3) is 0.794. The normalized spacial score (nSPS) is 14.6. The summed E-state index contributed by atoms with van der Waals surface area (Å²) in [5, 5.41) is 5.78. The first-order valence-corrected chi connectivity index (χ1v) is 22.0. The summed E-state index contributed by atoms with van der Waals surface area (Å²) < 4.78 is 25.0. The number of aromatic nitrogens is 4. The van der Waals surface area contributed by atoms with Gasteiger partial charge in [-0.2, -0.15) is 21.8 Å². The van der Waals surface area contributed by atoms with E-state index in [1.54, 1.807) is 10.9 Å². The molecule has 0 spiro atoms. The highest BCUT2D eigenvalue weighted by Crippen LogP contribution is 2.59. The smallest absolute Gasteiger partial charge is 0.353 e. The van der Waals surface area contributed by atoms with Crippen molar-refractivity contribution in [2.24, 2.45) is 0 Å². The number of hydrogen-bond acceptors (Lipinski definition) is 8. The number of thioether (sulfide) groups is 1. The molecule has 2 aromatic rings. The Labute approximate surface area is 285 Å². The fourth-order valence-electron chi connectivity index (χ4n) is 5.91. The Balaban J connectivity index is 1.41. The van der Waals surface area contributed by atoms with E-state index >= 15 is 0 Å². The highest BCUT2D eigenvalue weighted by Gasteiger charge is 2.32. The number of hydrogen-bond donors (Lipinski definition) is 2. The lowest BCUT2D eigenvalue weighted by molar-refractivity contribution is 0.0718. The van der Waals surface area contributed by atoms with Crippen molar-refractivity contribution in [2.75, 3.05) is 30.2 Å². The van der Waals surface area contributed by atoms with E-state index in [1.807, 2.05) is 18.7 Å². The van der Waals surface area contributed by atoms with Gasteiger partial charge in [-0.3, -0.25) is 4.57 Å². The molecule has 2 rings (SSSR count). The topological polar surface area (TPSA) is 125 Å². The van der Waals surface area contributed by atoms with Crippen LogP contribution in [0.3, 0.4) is 0 Å². The van der Waals surface area contributed by atoms with Crippen LogP contribution in [0.25, 0.3) is 11.2 Å². The fourth-order valence-corrected chi connectivity index (χ4v) is 12.1. The van der Waals surface area contributed by atoms with Crippen LogP contribution in [0.2, 0.25) is 0 Å². The van der Waals surface area contributed by atoms with Crippen molar-refractivity contribution in [3.8, 4) is 11.2 Å². The average molecular weight is 700 g/mol. The van der Waals surface area contributed by atoms with Crippen LogP contribution >= 0.6 is 29.4 Å². The Morgan fingerprint density at radius 3 is 2.11 bits per heavy atom. The minimum atomic E-state index is -3.81. The Hall–Kier alpha value is -1.28. The molecule has 3 N–H and O–H groups in total. The number of nitrogens with two attached hydrogens (primary N) is 1. The van der Waals surface area contributed by atoms with Crippen LogP contribution in [0.15, 0.2) is 12.7 Å². The lowest BCUT2D eigenvalue weighted by atomic mass is 10.1. The van der Waals surface area contributed by atoms with E-state index in [1.165, 1.54) is 64.1 Å². The lowest BCUT2D eigenvalue weighted by Crippen LogP contribution is -2.27. The summed E-state index contributed by atoms with van der Waals surface area (Å²) in [7, 11) is -4.69. The molecular weight excluding hydrogens is 638 g/mol. The molecule has 0 bridgehead atoms. The lowest BCUT2D eigenvalue weighted by Gasteiger charge is -2.46. The molecular formula is C34H62N5O4PS2. The summed E-state index contributed by atoms with van der Waals surface area (Å²) >= 11 is 1.89. The third-order valence-electron chi connectivity index (χ3n) is 8.31. The van der Waals surface area contributed by atoms with Crippen LogP contribution < -0.4 is 5.73 Å². The predicted octanol–water partition coefficient (Wildman–Crippen LogP) is 8.99. The maximum absolute atomic E-state index is 12.4. The van der Waals surface area contributed by atoms with Gasteiger partial charge in [-0.25, -0.2) is 15.0 Å². The van der Waals surface area contributed by atoms with Gasteiger partial charge < -0.3 is 24.5 Å².